The topological polar surface area (TPSA) is 34.1 Å². The van der Waals surface area contributed by atoms with Gasteiger partial charge in [-0.05, 0) is 72.1 Å². The van der Waals surface area contributed by atoms with Crippen molar-refractivity contribution in [3.05, 3.63) is 23.5 Å². The maximum absolute atomic E-state index is 5.85. The summed E-state index contributed by atoms with van der Waals surface area (Å²) in [5.41, 5.74) is 2.35. The number of aromatic nitrogens is 1. The van der Waals surface area contributed by atoms with Crippen LogP contribution in [0, 0.1) is 6.92 Å². The second-order valence-electron chi connectivity index (χ2n) is 6.34. The summed E-state index contributed by atoms with van der Waals surface area (Å²) in [5, 5.41) is 3.50. The third-order valence-corrected chi connectivity index (χ3v) is 3.14. The van der Waals surface area contributed by atoms with Gasteiger partial charge in [-0.15, -0.1) is 0 Å². The Morgan fingerprint density at radius 1 is 1.15 bits per heavy atom. The number of rotatable bonds is 8. The number of hydrogen-bond donors (Lipinski definition) is 1. The zero-order valence-corrected chi connectivity index (χ0v) is 13.8. The maximum Gasteiger partial charge on any atom is 0.140 e. The molecule has 1 aromatic heterocycles. The minimum absolute atomic E-state index is 0.222. The van der Waals surface area contributed by atoms with Crippen molar-refractivity contribution in [2.45, 2.75) is 65.8 Å². The van der Waals surface area contributed by atoms with Gasteiger partial charge in [-0.25, -0.2) is 0 Å². The van der Waals surface area contributed by atoms with Gasteiger partial charge in [0.05, 0.1) is 12.3 Å². The van der Waals surface area contributed by atoms with Gasteiger partial charge in [-0.2, -0.15) is 0 Å². The zero-order valence-electron chi connectivity index (χ0n) is 13.8. The van der Waals surface area contributed by atoms with E-state index in [0.29, 0.717) is 0 Å². The van der Waals surface area contributed by atoms with Crippen LogP contribution in [-0.4, -0.2) is 23.7 Å². The predicted molar refractivity (Wildman–Crippen MR) is 85.5 cm³/mol. The molecule has 0 atom stereocenters. The SMILES string of the molecule is CCc1nc(C)ccc1OCCCCCNC(C)(C)C. The van der Waals surface area contributed by atoms with Crippen molar-refractivity contribution in [2.75, 3.05) is 13.2 Å². The lowest BCUT2D eigenvalue weighted by Gasteiger charge is -2.20. The smallest absolute Gasteiger partial charge is 0.140 e. The van der Waals surface area contributed by atoms with Crippen LogP contribution >= 0.6 is 0 Å². The van der Waals surface area contributed by atoms with Crippen LogP contribution in [0.4, 0.5) is 0 Å². The van der Waals surface area contributed by atoms with E-state index in [1.54, 1.807) is 0 Å². The molecule has 1 aromatic rings. The Morgan fingerprint density at radius 3 is 2.55 bits per heavy atom. The molecule has 0 saturated heterocycles. The second kappa shape index (κ2) is 8.25. The van der Waals surface area contributed by atoms with Gasteiger partial charge in [0.1, 0.15) is 5.75 Å². The minimum Gasteiger partial charge on any atom is -0.492 e. The van der Waals surface area contributed by atoms with E-state index in [1.807, 2.05) is 19.1 Å². The van der Waals surface area contributed by atoms with Crippen molar-refractivity contribution in [1.29, 1.82) is 0 Å². The summed E-state index contributed by atoms with van der Waals surface area (Å²) < 4.78 is 5.85. The predicted octanol–water partition coefficient (Wildman–Crippen LogP) is 3.89. The first kappa shape index (κ1) is 17.0. The Hall–Kier alpha value is -1.09. The quantitative estimate of drug-likeness (QED) is 0.733. The second-order valence-corrected chi connectivity index (χ2v) is 6.34. The van der Waals surface area contributed by atoms with Crippen molar-refractivity contribution >= 4 is 0 Å². The van der Waals surface area contributed by atoms with Gasteiger partial charge in [-0.1, -0.05) is 6.92 Å². The number of pyridine rings is 1. The minimum atomic E-state index is 0.222. The Labute approximate surface area is 124 Å². The molecule has 0 fully saturated rings. The lowest BCUT2D eigenvalue weighted by atomic mass is 10.1. The van der Waals surface area contributed by atoms with Crippen LogP contribution in [0.15, 0.2) is 12.1 Å². The normalized spacial score (nSPS) is 11.7. The van der Waals surface area contributed by atoms with E-state index in [1.165, 1.54) is 12.8 Å². The highest BCUT2D eigenvalue weighted by Crippen LogP contribution is 2.17. The van der Waals surface area contributed by atoms with Gasteiger partial charge in [0.15, 0.2) is 0 Å². The molecule has 0 unspecified atom stereocenters. The molecule has 0 bridgehead atoms. The first-order chi connectivity index (χ1) is 9.42. The summed E-state index contributed by atoms with van der Waals surface area (Å²) in [4.78, 5) is 4.51. The van der Waals surface area contributed by atoms with Gasteiger partial charge in [-0.3, -0.25) is 4.98 Å². The van der Waals surface area contributed by atoms with Crippen molar-refractivity contribution in [3.8, 4) is 5.75 Å². The summed E-state index contributed by atoms with van der Waals surface area (Å²) in [6.07, 6.45) is 4.42. The van der Waals surface area contributed by atoms with Gasteiger partial charge in [0, 0.05) is 11.2 Å². The molecule has 0 spiro atoms. The largest absolute Gasteiger partial charge is 0.492 e. The number of nitrogens with one attached hydrogen (secondary N) is 1. The first-order valence-electron chi connectivity index (χ1n) is 7.76. The van der Waals surface area contributed by atoms with Gasteiger partial charge < -0.3 is 10.1 Å². The van der Waals surface area contributed by atoms with Crippen molar-refractivity contribution in [2.24, 2.45) is 0 Å². The summed E-state index contributed by atoms with van der Waals surface area (Å²) in [6.45, 7) is 12.6. The fourth-order valence-corrected chi connectivity index (χ4v) is 2.03. The van der Waals surface area contributed by atoms with Crippen LogP contribution in [0.5, 0.6) is 5.75 Å². The fraction of sp³-hybridized carbons (Fsp3) is 0.706. The molecule has 3 nitrogen and oxygen atoms in total. The Kier molecular flexibility index (Phi) is 7.00. The zero-order chi connectivity index (χ0) is 15.0. The lowest BCUT2D eigenvalue weighted by Crippen LogP contribution is -2.36. The van der Waals surface area contributed by atoms with Crippen LogP contribution in [0.2, 0.25) is 0 Å². The fourth-order valence-electron chi connectivity index (χ4n) is 2.03. The van der Waals surface area contributed by atoms with Crippen LogP contribution in [0.1, 0.15) is 58.3 Å². The average Bonchev–Trinajstić information content (AvgIpc) is 2.37. The van der Waals surface area contributed by atoms with E-state index in [4.69, 9.17) is 4.74 Å². The highest BCUT2D eigenvalue weighted by molar-refractivity contribution is 5.29. The van der Waals surface area contributed by atoms with Crippen molar-refractivity contribution in [3.63, 3.8) is 0 Å². The van der Waals surface area contributed by atoms with Gasteiger partial charge in [0.2, 0.25) is 0 Å². The van der Waals surface area contributed by atoms with Crippen LogP contribution in [0.25, 0.3) is 0 Å². The molecule has 1 heterocycles. The molecular formula is C17H30N2O. The Bertz CT molecular complexity index is 396. The van der Waals surface area contributed by atoms with Crippen molar-refractivity contribution in [1.82, 2.24) is 10.3 Å². The molecule has 0 aliphatic rings. The first-order valence-corrected chi connectivity index (χ1v) is 7.76. The highest BCUT2D eigenvalue weighted by Gasteiger charge is 2.07. The summed E-state index contributed by atoms with van der Waals surface area (Å²) in [5.74, 6) is 0.950. The standard InChI is InChI=1S/C17H30N2O/c1-6-15-16(11-10-14(2)19-15)20-13-9-7-8-12-18-17(3,4)5/h10-11,18H,6-9,12-13H2,1-5H3. The van der Waals surface area contributed by atoms with Gasteiger partial charge in [0.25, 0.3) is 0 Å². The third-order valence-electron chi connectivity index (χ3n) is 3.14. The number of unbranched alkanes of at least 4 members (excludes halogenated alkanes) is 2. The third kappa shape index (κ3) is 6.90. The van der Waals surface area contributed by atoms with Crippen LogP contribution in [0.3, 0.4) is 0 Å². The molecular weight excluding hydrogens is 248 g/mol. The molecule has 0 radical (unpaired) electrons. The Morgan fingerprint density at radius 2 is 1.90 bits per heavy atom. The van der Waals surface area contributed by atoms with Crippen LogP contribution in [-0.2, 0) is 6.42 Å². The molecule has 114 valence electrons. The molecule has 0 aromatic carbocycles. The van der Waals surface area contributed by atoms with Gasteiger partial charge >= 0.3 is 0 Å². The summed E-state index contributed by atoms with van der Waals surface area (Å²) in [7, 11) is 0. The monoisotopic (exact) mass is 278 g/mol. The molecule has 3 heteroatoms. The van der Waals surface area contributed by atoms with E-state index >= 15 is 0 Å². The lowest BCUT2D eigenvalue weighted by molar-refractivity contribution is 0.299. The molecule has 20 heavy (non-hydrogen) atoms. The Balaban J connectivity index is 2.18. The molecule has 0 aliphatic heterocycles. The number of aryl methyl sites for hydroxylation is 2. The van der Waals surface area contributed by atoms with Crippen LogP contribution < -0.4 is 10.1 Å². The van der Waals surface area contributed by atoms with E-state index in [2.05, 4.69) is 38.0 Å². The molecule has 0 aliphatic carbocycles. The molecule has 1 N–H and O–H groups in total. The van der Waals surface area contributed by atoms with E-state index in [9.17, 15) is 0 Å². The van der Waals surface area contributed by atoms with E-state index in [0.717, 1.165) is 43.1 Å². The molecule has 0 saturated carbocycles. The summed E-state index contributed by atoms with van der Waals surface area (Å²) in [6, 6.07) is 4.06. The van der Waals surface area contributed by atoms with Crippen molar-refractivity contribution < 1.29 is 4.74 Å². The number of nitrogens with zero attached hydrogens (tertiary/aromatic N) is 1. The average molecular weight is 278 g/mol. The molecule has 0 amide bonds. The van der Waals surface area contributed by atoms with E-state index < -0.39 is 0 Å². The number of ether oxygens (including phenoxy) is 1. The highest BCUT2D eigenvalue weighted by atomic mass is 16.5. The number of hydrogen-bond acceptors (Lipinski definition) is 3. The summed E-state index contributed by atoms with van der Waals surface area (Å²) >= 11 is 0. The van der Waals surface area contributed by atoms with E-state index in [-0.39, 0.29) is 5.54 Å². The molecule has 1 rings (SSSR count). The maximum atomic E-state index is 5.85.